The van der Waals surface area contributed by atoms with Crippen molar-refractivity contribution in [3.05, 3.63) is 83.3 Å². The fourth-order valence-electron chi connectivity index (χ4n) is 8.66. The lowest BCUT2D eigenvalue weighted by Gasteiger charge is -2.27. The number of ether oxygens (including phenoxy) is 1. The van der Waals surface area contributed by atoms with Crippen LogP contribution in [0, 0.1) is 11.8 Å². The van der Waals surface area contributed by atoms with Crippen molar-refractivity contribution in [2.45, 2.75) is 108 Å². The van der Waals surface area contributed by atoms with Crippen LogP contribution in [0.1, 0.15) is 127 Å². The van der Waals surface area contributed by atoms with Gasteiger partial charge in [0.1, 0.15) is 23.5 Å². The Kier molecular flexibility index (Phi) is 12.7. The van der Waals surface area contributed by atoms with Crippen molar-refractivity contribution < 1.29 is 33.5 Å². The van der Waals surface area contributed by atoms with E-state index in [1.165, 1.54) is 0 Å². The number of anilines is 3. The predicted molar refractivity (Wildman–Crippen MR) is 224 cm³/mol. The van der Waals surface area contributed by atoms with Crippen molar-refractivity contribution in [1.82, 2.24) is 25.2 Å². The number of ketones is 2. The average Bonchev–Trinajstić information content (AvgIpc) is 4.03. The van der Waals surface area contributed by atoms with Gasteiger partial charge < -0.3 is 15.4 Å². The van der Waals surface area contributed by atoms with Crippen LogP contribution in [0.5, 0.6) is 0 Å². The summed E-state index contributed by atoms with van der Waals surface area (Å²) in [6, 6.07) is 12.2. The number of aryl methyl sites for hydroxylation is 1. The number of amides is 4. The van der Waals surface area contributed by atoms with Crippen LogP contribution < -0.4 is 16.0 Å². The van der Waals surface area contributed by atoms with Crippen LogP contribution in [0.15, 0.2) is 61.1 Å². The van der Waals surface area contributed by atoms with E-state index in [1.807, 2.05) is 30.3 Å². The van der Waals surface area contributed by atoms with E-state index in [4.69, 9.17) is 4.74 Å². The molecule has 2 aliphatic carbocycles. The highest BCUT2D eigenvalue weighted by atomic mass is 16.5. The van der Waals surface area contributed by atoms with E-state index < -0.39 is 29.7 Å². The minimum Gasteiger partial charge on any atom is -0.382 e. The Morgan fingerprint density at radius 2 is 1.67 bits per heavy atom. The number of pyridine rings is 3. The summed E-state index contributed by atoms with van der Waals surface area (Å²) < 4.78 is 5.85. The topological polar surface area (TPSA) is 190 Å². The molecule has 1 saturated heterocycles. The van der Waals surface area contributed by atoms with Gasteiger partial charge in [-0.3, -0.25) is 44.0 Å². The minimum atomic E-state index is -0.982. The number of hydrogen-bond donors (Lipinski definition) is 3. The van der Waals surface area contributed by atoms with E-state index in [0.29, 0.717) is 72.6 Å². The number of carbonyl (C=O) groups is 6. The van der Waals surface area contributed by atoms with Gasteiger partial charge in [0, 0.05) is 74.5 Å². The van der Waals surface area contributed by atoms with Gasteiger partial charge in [-0.2, -0.15) is 0 Å². The van der Waals surface area contributed by atoms with E-state index in [2.05, 4.69) is 30.9 Å². The van der Waals surface area contributed by atoms with Crippen LogP contribution in [-0.2, 0) is 25.5 Å². The summed E-state index contributed by atoms with van der Waals surface area (Å²) >= 11 is 0. The van der Waals surface area contributed by atoms with Crippen molar-refractivity contribution in [3.8, 4) is 0 Å². The summed E-state index contributed by atoms with van der Waals surface area (Å²) in [6.07, 6.45) is 15.5. The molecule has 3 N–H and O–H groups in total. The molecule has 312 valence electrons. The number of fused-ring (bicyclic) bond motifs is 2. The number of nitrogens with one attached hydrogen (secondary N) is 3. The number of rotatable bonds is 19. The van der Waals surface area contributed by atoms with Crippen molar-refractivity contribution >= 4 is 63.4 Å². The normalized spacial score (nSPS) is 20.3. The highest BCUT2D eigenvalue weighted by Gasteiger charge is 2.45. The SMILES string of the molecule is O=C1CCC(N2C(=O)c3cccc(CCCCOCCCCC(=O)C4CCC(CC(=O)c5cnc(Nc6ccc7cnccc7n6)cc5NC5CC5)CC4)c3C2=O)C(=O)N1. The molecule has 3 fully saturated rings. The minimum absolute atomic E-state index is 0.0501. The van der Waals surface area contributed by atoms with E-state index in [9.17, 15) is 28.8 Å². The van der Waals surface area contributed by atoms with E-state index in [1.54, 1.807) is 30.7 Å². The lowest BCUT2D eigenvalue weighted by atomic mass is 9.77. The molecule has 0 spiro atoms. The molecule has 3 aromatic heterocycles. The van der Waals surface area contributed by atoms with Crippen LogP contribution in [0.3, 0.4) is 0 Å². The van der Waals surface area contributed by atoms with Crippen molar-refractivity contribution in [1.29, 1.82) is 0 Å². The van der Waals surface area contributed by atoms with Gasteiger partial charge in [-0.05, 0) is 113 Å². The third-order valence-electron chi connectivity index (χ3n) is 12.2. The molecule has 0 bridgehead atoms. The Hall–Kier alpha value is -5.89. The first-order chi connectivity index (χ1) is 29.2. The van der Waals surface area contributed by atoms with Gasteiger partial charge in [0.25, 0.3) is 11.8 Å². The van der Waals surface area contributed by atoms with Crippen LogP contribution in [0.4, 0.5) is 17.3 Å². The zero-order chi connectivity index (χ0) is 41.6. The van der Waals surface area contributed by atoms with Crippen molar-refractivity contribution in [3.63, 3.8) is 0 Å². The molecule has 8 rings (SSSR count). The van der Waals surface area contributed by atoms with E-state index >= 15 is 0 Å². The van der Waals surface area contributed by atoms with Gasteiger partial charge in [0.15, 0.2) is 5.78 Å². The number of unbranched alkanes of at least 4 members (excludes halogenated alkanes) is 2. The Balaban J connectivity index is 0.716. The molecule has 4 amide bonds. The summed E-state index contributed by atoms with van der Waals surface area (Å²) in [7, 11) is 0. The third kappa shape index (κ3) is 9.59. The second kappa shape index (κ2) is 18.6. The second-order valence-electron chi connectivity index (χ2n) is 16.5. The number of carbonyl (C=O) groups excluding carboxylic acids is 6. The van der Waals surface area contributed by atoms with Crippen molar-refractivity contribution in [2.24, 2.45) is 11.8 Å². The Morgan fingerprint density at radius 1 is 0.850 bits per heavy atom. The molecule has 0 radical (unpaired) electrons. The largest absolute Gasteiger partial charge is 0.382 e. The van der Waals surface area contributed by atoms with Crippen LogP contribution >= 0.6 is 0 Å². The molecule has 5 heterocycles. The fourth-order valence-corrected chi connectivity index (χ4v) is 8.66. The van der Waals surface area contributed by atoms with Crippen LogP contribution in [-0.4, -0.2) is 80.3 Å². The predicted octanol–water partition coefficient (Wildman–Crippen LogP) is 6.90. The molecule has 14 heteroatoms. The summed E-state index contributed by atoms with van der Waals surface area (Å²) in [6.45, 7) is 1.12. The molecule has 1 aromatic carbocycles. The molecule has 14 nitrogen and oxygen atoms in total. The fraction of sp³-hybridized carbons (Fsp3) is 0.457. The van der Waals surface area contributed by atoms with Gasteiger partial charge in [-0.15, -0.1) is 0 Å². The highest BCUT2D eigenvalue weighted by molar-refractivity contribution is 6.24. The standard InChI is InChI=1S/C46H51N7O7/c54-38(9-2-4-23-60-22-3-1-6-30-7-5-8-33-43(30)46(59)53(45(33)58)37-17-19-42(56)52-44(37)57)29-12-10-28(11-13-29)24-39(55)34-27-48-41(25-36(34)49-32-15-16-32)51-40-18-14-31-26-47-21-20-35(31)50-40/h5,7-8,14,18,20-21,25-29,32,37H,1-4,6,9-13,15-17,19,22-24H2,(H,52,56,57)(H2,48,49,50,51). The lowest BCUT2D eigenvalue weighted by molar-refractivity contribution is -0.136. The first kappa shape index (κ1) is 40.9. The molecule has 1 unspecified atom stereocenters. The first-order valence-electron chi connectivity index (χ1n) is 21.4. The number of piperidine rings is 1. The summed E-state index contributed by atoms with van der Waals surface area (Å²) in [5, 5.41) is 10.00. The van der Waals surface area contributed by atoms with Gasteiger partial charge in [-0.1, -0.05) is 12.1 Å². The summed E-state index contributed by atoms with van der Waals surface area (Å²) in [5.41, 5.74) is 3.65. The quantitative estimate of drug-likeness (QED) is 0.0505. The smallest absolute Gasteiger partial charge is 0.262 e. The number of imide groups is 2. The maximum Gasteiger partial charge on any atom is 0.262 e. The Bertz CT molecular complexity index is 2300. The lowest BCUT2D eigenvalue weighted by Crippen LogP contribution is -2.54. The van der Waals surface area contributed by atoms with Gasteiger partial charge in [-0.25, -0.2) is 9.97 Å². The van der Waals surface area contributed by atoms with Crippen LogP contribution in [0.2, 0.25) is 0 Å². The molecule has 2 aliphatic heterocycles. The summed E-state index contributed by atoms with van der Waals surface area (Å²) in [4.78, 5) is 91.5. The number of benzene rings is 1. The maximum atomic E-state index is 13.6. The Labute approximate surface area is 348 Å². The zero-order valence-corrected chi connectivity index (χ0v) is 33.8. The number of nitrogens with zero attached hydrogens (tertiary/aromatic N) is 4. The van der Waals surface area contributed by atoms with Gasteiger partial charge in [0.05, 0.1) is 27.9 Å². The monoisotopic (exact) mass is 813 g/mol. The van der Waals surface area contributed by atoms with Crippen LogP contribution in [0.25, 0.3) is 10.9 Å². The third-order valence-corrected chi connectivity index (χ3v) is 12.2. The zero-order valence-electron chi connectivity index (χ0n) is 33.8. The number of Topliss-reactive ketones (excluding diaryl/α,β-unsaturated/α-hetero) is 2. The number of hydrogen-bond acceptors (Lipinski definition) is 12. The number of aromatic nitrogens is 3. The average molecular weight is 814 g/mol. The van der Waals surface area contributed by atoms with E-state index in [0.717, 1.165) is 91.3 Å². The highest BCUT2D eigenvalue weighted by Crippen LogP contribution is 2.36. The van der Waals surface area contributed by atoms with E-state index in [-0.39, 0.29) is 30.5 Å². The molecule has 60 heavy (non-hydrogen) atoms. The Morgan fingerprint density at radius 3 is 2.47 bits per heavy atom. The second-order valence-corrected chi connectivity index (χ2v) is 16.5. The van der Waals surface area contributed by atoms with Crippen molar-refractivity contribution in [2.75, 3.05) is 23.8 Å². The molecule has 2 saturated carbocycles. The molecule has 1 atom stereocenters. The molecular formula is C46H51N7O7. The van der Waals surface area contributed by atoms with Gasteiger partial charge in [0.2, 0.25) is 11.8 Å². The molecule has 4 aliphatic rings. The maximum absolute atomic E-state index is 13.6. The summed E-state index contributed by atoms with van der Waals surface area (Å²) in [5.74, 6) is -0.0344. The van der Waals surface area contributed by atoms with Gasteiger partial charge >= 0.3 is 0 Å². The molecular weight excluding hydrogens is 763 g/mol. The molecule has 4 aromatic rings. The first-order valence-corrected chi connectivity index (χ1v) is 21.4.